The lowest BCUT2D eigenvalue weighted by molar-refractivity contribution is -0.0276. The number of hydrogen-bond acceptors (Lipinski definition) is 3. The summed E-state index contributed by atoms with van der Waals surface area (Å²) in [4.78, 5) is 16.7. The maximum Gasteiger partial charge on any atom is 0.410 e. The molecule has 1 saturated carbocycles. The number of rotatable bonds is 2. The van der Waals surface area contributed by atoms with E-state index in [2.05, 4.69) is 4.90 Å². The molecule has 0 spiro atoms. The summed E-state index contributed by atoms with van der Waals surface area (Å²) < 4.78 is 5.19. The molecule has 0 radical (unpaired) electrons. The quantitative estimate of drug-likeness (QED) is 0.770. The second-order valence-corrected chi connectivity index (χ2v) is 6.24. The van der Waals surface area contributed by atoms with Crippen molar-refractivity contribution < 1.29 is 9.53 Å². The number of carbonyl (C=O) groups excluding carboxylic acids is 1. The van der Waals surface area contributed by atoms with Crippen molar-refractivity contribution in [3.05, 3.63) is 0 Å². The maximum absolute atomic E-state index is 12.0. The Labute approximate surface area is 116 Å². The molecule has 2 bridgehead atoms. The van der Waals surface area contributed by atoms with Crippen LogP contribution in [0.2, 0.25) is 0 Å². The summed E-state index contributed by atoms with van der Waals surface area (Å²) in [5.74, 6) is 0.674. The lowest BCUT2D eigenvalue weighted by Gasteiger charge is -2.52. The highest BCUT2D eigenvalue weighted by Crippen LogP contribution is 2.38. The van der Waals surface area contributed by atoms with Gasteiger partial charge in [0.25, 0.3) is 0 Å². The lowest BCUT2D eigenvalue weighted by atomic mass is 9.75. The number of fused-ring (bicyclic) bond motifs is 3. The Morgan fingerprint density at radius 1 is 1.21 bits per heavy atom. The highest BCUT2D eigenvalue weighted by Gasteiger charge is 2.44. The molecule has 3 heterocycles. The van der Waals surface area contributed by atoms with Crippen LogP contribution in [-0.2, 0) is 4.74 Å². The molecule has 4 heteroatoms. The van der Waals surface area contributed by atoms with Gasteiger partial charge in [0, 0.05) is 18.6 Å². The average Bonchev–Trinajstić information content (AvgIpc) is 2.49. The van der Waals surface area contributed by atoms with Crippen LogP contribution in [0.5, 0.6) is 0 Å². The molecule has 4 nitrogen and oxygen atoms in total. The summed E-state index contributed by atoms with van der Waals surface area (Å²) in [6.45, 7) is 5.84. The number of carbonyl (C=O) groups is 1. The SMILES string of the molecule is CCOC(=O)N1CC2CCC1CC2N1CCCCC1. The molecule has 0 N–H and O–H groups in total. The van der Waals surface area contributed by atoms with Crippen molar-refractivity contribution in [1.82, 2.24) is 9.80 Å². The molecule has 3 saturated heterocycles. The number of nitrogens with zero attached hydrogens (tertiary/aromatic N) is 2. The zero-order valence-corrected chi connectivity index (χ0v) is 12.0. The van der Waals surface area contributed by atoms with Gasteiger partial charge >= 0.3 is 6.09 Å². The molecule has 3 unspecified atom stereocenters. The number of ether oxygens (including phenoxy) is 1. The molecular formula is C15H26N2O2. The van der Waals surface area contributed by atoms with Gasteiger partial charge in [-0.15, -0.1) is 0 Å². The Balaban J connectivity index is 1.63. The first kappa shape index (κ1) is 13.2. The van der Waals surface area contributed by atoms with E-state index in [0.717, 1.165) is 12.6 Å². The zero-order valence-electron chi connectivity index (χ0n) is 12.0. The molecule has 1 amide bonds. The van der Waals surface area contributed by atoms with Crippen LogP contribution in [0, 0.1) is 5.92 Å². The summed E-state index contributed by atoms with van der Waals surface area (Å²) in [6.07, 6.45) is 7.66. The van der Waals surface area contributed by atoms with Crippen LogP contribution in [-0.4, -0.2) is 54.2 Å². The summed E-state index contributed by atoms with van der Waals surface area (Å²) in [7, 11) is 0. The van der Waals surface area contributed by atoms with Crippen LogP contribution in [0.15, 0.2) is 0 Å². The number of amides is 1. The normalized spacial score (nSPS) is 35.4. The highest BCUT2D eigenvalue weighted by molar-refractivity contribution is 5.68. The molecule has 4 aliphatic rings. The molecule has 19 heavy (non-hydrogen) atoms. The molecule has 0 aromatic rings. The van der Waals surface area contributed by atoms with Crippen LogP contribution in [0.25, 0.3) is 0 Å². The fourth-order valence-corrected chi connectivity index (χ4v) is 4.21. The Kier molecular flexibility index (Phi) is 3.96. The summed E-state index contributed by atoms with van der Waals surface area (Å²) in [5.41, 5.74) is 0. The Morgan fingerprint density at radius 2 is 2.00 bits per heavy atom. The smallest absolute Gasteiger partial charge is 0.410 e. The number of likely N-dealkylation sites (tertiary alicyclic amines) is 1. The van der Waals surface area contributed by atoms with Crippen molar-refractivity contribution >= 4 is 6.09 Å². The van der Waals surface area contributed by atoms with E-state index in [9.17, 15) is 4.79 Å². The third-order valence-electron chi connectivity index (χ3n) is 5.16. The predicted molar refractivity (Wildman–Crippen MR) is 74.1 cm³/mol. The van der Waals surface area contributed by atoms with Crippen LogP contribution < -0.4 is 0 Å². The monoisotopic (exact) mass is 266 g/mol. The second kappa shape index (κ2) is 5.70. The van der Waals surface area contributed by atoms with Gasteiger partial charge in [-0.05, 0) is 58.0 Å². The van der Waals surface area contributed by atoms with Crippen molar-refractivity contribution in [2.75, 3.05) is 26.2 Å². The molecule has 1 aliphatic carbocycles. The first-order chi connectivity index (χ1) is 9.29. The van der Waals surface area contributed by atoms with Crippen molar-refractivity contribution in [2.45, 2.75) is 57.5 Å². The Bertz CT molecular complexity index is 328. The van der Waals surface area contributed by atoms with E-state index < -0.39 is 0 Å². The second-order valence-electron chi connectivity index (χ2n) is 6.24. The van der Waals surface area contributed by atoms with Crippen molar-refractivity contribution in [2.24, 2.45) is 5.92 Å². The van der Waals surface area contributed by atoms with E-state index in [1.807, 2.05) is 11.8 Å². The fourth-order valence-electron chi connectivity index (χ4n) is 4.21. The van der Waals surface area contributed by atoms with E-state index in [0.29, 0.717) is 18.6 Å². The molecular weight excluding hydrogens is 240 g/mol. The van der Waals surface area contributed by atoms with Gasteiger partial charge in [-0.2, -0.15) is 0 Å². The van der Waals surface area contributed by atoms with Crippen molar-refractivity contribution in [3.63, 3.8) is 0 Å². The minimum atomic E-state index is -0.0886. The minimum absolute atomic E-state index is 0.0886. The van der Waals surface area contributed by atoms with Crippen LogP contribution in [0.3, 0.4) is 0 Å². The van der Waals surface area contributed by atoms with Gasteiger partial charge in [0.15, 0.2) is 0 Å². The van der Waals surface area contributed by atoms with Crippen molar-refractivity contribution in [3.8, 4) is 0 Å². The molecule has 0 aromatic heterocycles. The van der Waals surface area contributed by atoms with Gasteiger partial charge < -0.3 is 9.64 Å². The largest absolute Gasteiger partial charge is 0.450 e. The average molecular weight is 266 g/mol. The predicted octanol–water partition coefficient (Wildman–Crippen LogP) is 2.48. The fraction of sp³-hybridized carbons (Fsp3) is 0.933. The lowest BCUT2D eigenvalue weighted by Crippen LogP contribution is -2.60. The number of hydrogen-bond donors (Lipinski definition) is 0. The van der Waals surface area contributed by atoms with E-state index in [-0.39, 0.29) is 6.09 Å². The van der Waals surface area contributed by atoms with Gasteiger partial charge in [-0.25, -0.2) is 4.79 Å². The molecule has 4 rings (SSSR count). The molecule has 3 atom stereocenters. The summed E-state index contributed by atoms with van der Waals surface area (Å²) >= 11 is 0. The van der Waals surface area contributed by atoms with Crippen LogP contribution >= 0.6 is 0 Å². The molecule has 0 aromatic carbocycles. The first-order valence-electron chi connectivity index (χ1n) is 7.97. The third-order valence-corrected chi connectivity index (χ3v) is 5.16. The minimum Gasteiger partial charge on any atom is -0.450 e. The zero-order chi connectivity index (χ0) is 13.2. The van der Waals surface area contributed by atoms with E-state index in [1.54, 1.807) is 0 Å². The molecule has 4 fully saturated rings. The van der Waals surface area contributed by atoms with E-state index >= 15 is 0 Å². The Morgan fingerprint density at radius 3 is 2.63 bits per heavy atom. The van der Waals surface area contributed by atoms with E-state index in [1.165, 1.54) is 51.6 Å². The Hall–Kier alpha value is -0.770. The molecule has 108 valence electrons. The summed E-state index contributed by atoms with van der Waals surface area (Å²) in [5, 5.41) is 0. The number of piperidine rings is 3. The maximum atomic E-state index is 12.0. The van der Waals surface area contributed by atoms with Gasteiger partial charge in [-0.1, -0.05) is 6.42 Å². The van der Waals surface area contributed by atoms with Crippen LogP contribution in [0.4, 0.5) is 4.79 Å². The van der Waals surface area contributed by atoms with Crippen LogP contribution in [0.1, 0.15) is 45.4 Å². The first-order valence-corrected chi connectivity index (χ1v) is 7.97. The topological polar surface area (TPSA) is 32.8 Å². The molecule has 3 aliphatic heterocycles. The van der Waals surface area contributed by atoms with Gasteiger partial charge in [0.05, 0.1) is 6.61 Å². The van der Waals surface area contributed by atoms with Gasteiger partial charge in [-0.3, -0.25) is 4.90 Å². The highest BCUT2D eigenvalue weighted by atomic mass is 16.6. The van der Waals surface area contributed by atoms with Crippen molar-refractivity contribution in [1.29, 1.82) is 0 Å². The third kappa shape index (κ3) is 2.60. The van der Waals surface area contributed by atoms with Gasteiger partial charge in [0.2, 0.25) is 0 Å². The van der Waals surface area contributed by atoms with Gasteiger partial charge in [0.1, 0.15) is 0 Å². The van der Waals surface area contributed by atoms with E-state index in [4.69, 9.17) is 4.74 Å². The standard InChI is InChI=1S/C15H26N2O2/c1-2-19-15(18)17-11-12-6-7-13(17)10-14(12)16-8-4-3-5-9-16/h12-14H,2-11H2,1H3. The summed E-state index contributed by atoms with van der Waals surface area (Å²) in [6, 6.07) is 1.15.